The van der Waals surface area contributed by atoms with Crippen molar-refractivity contribution in [3.8, 4) is 11.4 Å². The number of hydrogen-bond acceptors (Lipinski definition) is 3. The van der Waals surface area contributed by atoms with Crippen LogP contribution in [0.4, 0.5) is 10.3 Å². The summed E-state index contributed by atoms with van der Waals surface area (Å²) in [7, 11) is 1.58. The predicted molar refractivity (Wildman–Crippen MR) is 87.4 cm³/mol. The minimum absolute atomic E-state index is 0.278. The number of fused-ring (bicyclic) bond motifs is 1. The van der Waals surface area contributed by atoms with Gasteiger partial charge in [-0.25, -0.2) is 9.37 Å². The fourth-order valence-electron chi connectivity index (χ4n) is 2.17. The number of nitrogens with two attached hydrogens (primary N) is 1. The van der Waals surface area contributed by atoms with E-state index in [0.717, 1.165) is 14.6 Å². The van der Waals surface area contributed by atoms with Crippen LogP contribution < -0.4 is 10.5 Å². The summed E-state index contributed by atoms with van der Waals surface area (Å²) in [6.07, 6.45) is 0. The van der Waals surface area contributed by atoms with Gasteiger partial charge >= 0.3 is 0 Å². The molecule has 0 radical (unpaired) electrons. The van der Waals surface area contributed by atoms with Crippen molar-refractivity contribution < 1.29 is 9.13 Å². The monoisotopic (exact) mass is 413 g/mol. The molecule has 3 aromatic rings. The Labute approximate surface area is 137 Å². The van der Waals surface area contributed by atoms with Crippen LogP contribution in [0.2, 0.25) is 0 Å². The van der Waals surface area contributed by atoms with E-state index in [0.29, 0.717) is 16.8 Å². The third kappa shape index (κ3) is 2.40. The molecule has 21 heavy (non-hydrogen) atoms. The lowest BCUT2D eigenvalue weighted by molar-refractivity contribution is 0.412. The summed E-state index contributed by atoms with van der Waals surface area (Å²) in [4.78, 5) is 4.25. The van der Waals surface area contributed by atoms with E-state index in [-0.39, 0.29) is 11.8 Å². The molecule has 0 saturated heterocycles. The zero-order chi connectivity index (χ0) is 15.1. The van der Waals surface area contributed by atoms with E-state index >= 15 is 0 Å². The molecule has 2 N–H and O–H groups in total. The highest BCUT2D eigenvalue weighted by Gasteiger charge is 2.15. The smallest absolute Gasteiger partial charge is 0.205 e. The molecular weight excluding hydrogens is 405 g/mol. The molecule has 1 aromatic heterocycles. The fraction of sp³-hybridized carbons (Fsp3) is 0.0714. The SMILES string of the molecule is COc1cc(-n2c(N)nc3ccc(F)cc32)c(Br)cc1Br. The molecule has 7 heteroatoms. The molecule has 3 rings (SSSR count). The number of ether oxygens (including phenoxy) is 1. The van der Waals surface area contributed by atoms with Gasteiger partial charge in [0.1, 0.15) is 11.6 Å². The summed E-state index contributed by atoms with van der Waals surface area (Å²) < 4.78 is 22.1. The molecule has 0 spiro atoms. The number of anilines is 1. The lowest BCUT2D eigenvalue weighted by Crippen LogP contribution is -2.02. The zero-order valence-corrected chi connectivity index (χ0v) is 14.1. The Morgan fingerprint density at radius 3 is 2.67 bits per heavy atom. The number of aromatic nitrogens is 2. The predicted octanol–water partition coefficient (Wildman–Crippen LogP) is 4.28. The van der Waals surface area contributed by atoms with E-state index < -0.39 is 0 Å². The summed E-state index contributed by atoms with van der Waals surface area (Å²) in [6, 6.07) is 8.01. The molecule has 0 aliphatic heterocycles. The molecule has 2 aromatic carbocycles. The molecule has 0 fully saturated rings. The van der Waals surface area contributed by atoms with Crippen molar-refractivity contribution in [2.75, 3.05) is 12.8 Å². The Kier molecular flexibility index (Phi) is 3.62. The minimum Gasteiger partial charge on any atom is -0.495 e. The Balaban J connectivity index is 2.34. The van der Waals surface area contributed by atoms with E-state index in [4.69, 9.17) is 10.5 Å². The summed E-state index contributed by atoms with van der Waals surface area (Å²) in [6.45, 7) is 0. The van der Waals surface area contributed by atoms with E-state index in [9.17, 15) is 4.39 Å². The first-order valence-electron chi connectivity index (χ1n) is 5.98. The zero-order valence-electron chi connectivity index (χ0n) is 10.9. The number of methoxy groups -OCH3 is 1. The van der Waals surface area contributed by atoms with Gasteiger partial charge in [-0.05, 0) is 50.1 Å². The quantitative estimate of drug-likeness (QED) is 0.680. The van der Waals surface area contributed by atoms with Gasteiger partial charge in [-0.1, -0.05) is 0 Å². The number of benzene rings is 2. The first-order chi connectivity index (χ1) is 10.0. The van der Waals surface area contributed by atoms with Crippen molar-refractivity contribution >= 4 is 48.8 Å². The third-order valence-corrected chi connectivity index (χ3v) is 4.36. The van der Waals surface area contributed by atoms with Crippen molar-refractivity contribution in [1.82, 2.24) is 9.55 Å². The van der Waals surface area contributed by atoms with Crippen LogP contribution in [0.25, 0.3) is 16.7 Å². The first-order valence-corrected chi connectivity index (χ1v) is 7.56. The molecule has 0 atom stereocenters. The molecule has 0 saturated carbocycles. The van der Waals surface area contributed by atoms with Crippen LogP contribution in [0.3, 0.4) is 0 Å². The molecule has 0 unspecified atom stereocenters. The van der Waals surface area contributed by atoms with Crippen molar-refractivity contribution in [3.05, 3.63) is 45.1 Å². The minimum atomic E-state index is -0.344. The van der Waals surface area contributed by atoms with Crippen molar-refractivity contribution in [1.29, 1.82) is 0 Å². The van der Waals surface area contributed by atoms with Crippen LogP contribution in [-0.2, 0) is 0 Å². The maximum absolute atomic E-state index is 13.5. The highest BCUT2D eigenvalue weighted by atomic mass is 79.9. The van der Waals surface area contributed by atoms with Gasteiger partial charge in [0.15, 0.2) is 0 Å². The Morgan fingerprint density at radius 1 is 1.19 bits per heavy atom. The topological polar surface area (TPSA) is 53.1 Å². The van der Waals surface area contributed by atoms with Crippen molar-refractivity contribution in [3.63, 3.8) is 0 Å². The highest BCUT2D eigenvalue weighted by Crippen LogP contribution is 2.36. The number of rotatable bonds is 2. The average molecular weight is 415 g/mol. The Hall–Kier alpha value is -1.60. The van der Waals surface area contributed by atoms with Gasteiger partial charge < -0.3 is 10.5 Å². The number of nitrogen functional groups attached to an aromatic ring is 1. The van der Waals surface area contributed by atoms with E-state index in [2.05, 4.69) is 36.8 Å². The summed E-state index contributed by atoms with van der Waals surface area (Å²) >= 11 is 6.90. The van der Waals surface area contributed by atoms with Gasteiger partial charge in [0, 0.05) is 16.6 Å². The molecule has 1 heterocycles. The normalized spacial score (nSPS) is 11.0. The van der Waals surface area contributed by atoms with Crippen LogP contribution in [0.1, 0.15) is 0 Å². The van der Waals surface area contributed by atoms with Crippen LogP contribution >= 0.6 is 31.9 Å². The largest absolute Gasteiger partial charge is 0.495 e. The summed E-state index contributed by atoms with van der Waals surface area (Å²) in [5.74, 6) is 0.579. The molecule has 108 valence electrons. The molecule has 0 amide bonds. The standard InChI is InChI=1S/C14H10Br2FN3O/c1-21-13-6-11(8(15)5-9(13)16)20-12-4-7(17)2-3-10(12)19-14(20)18/h2-6H,1H3,(H2,18,19). The second-order valence-corrected chi connectivity index (χ2v) is 6.09. The third-order valence-electron chi connectivity index (χ3n) is 3.10. The van der Waals surface area contributed by atoms with E-state index in [1.807, 2.05) is 6.07 Å². The number of hydrogen-bond donors (Lipinski definition) is 1. The van der Waals surface area contributed by atoms with Crippen LogP contribution in [0.5, 0.6) is 5.75 Å². The van der Waals surface area contributed by atoms with Crippen molar-refractivity contribution in [2.24, 2.45) is 0 Å². The number of halogens is 3. The number of imidazole rings is 1. The molecule has 4 nitrogen and oxygen atoms in total. The maximum Gasteiger partial charge on any atom is 0.205 e. The molecule has 0 bridgehead atoms. The fourth-order valence-corrected chi connectivity index (χ4v) is 3.50. The first kappa shape index (κ1) is 14.3. The molecule has 0 aliphatic rings. The molecular formula is C14H10Br2FN3O. The van der Waals surface area contributed by atoms with Gasteiger partial charge in [0.25, 0.3) is 0 Å². The summed E-state index contributed by atoms with van der Waals surface area (Å²) in [5.41, 5.74) is 7.94. The second-order valence-electron chi connectivity index (χ2n) is 4.38. The van der Waals surface area contributed by atoms with Crippen LogP contribution in [0.15, 0.2) is 39.3 Å². The van der Waals surface area contributed by atoms with Gasteiger partial charge in [-0.3, -0.25) is 4.57 Å². The molecule has 0 aliphatic carbocycles. The maximum atomic E-state index is 13.5. The average Bonchev–Trinajstić information content (AvgIpc) is 2.75. The second kappa shape index (κ2) is 5.31. The Morgan fingerprint density at radius 2 is 1.95 bits per heavy atom. The van der Waals surface area contributed by atoms with E-state index in [1.54, 1.807) is 23.8 Å². The Bertz CT molecular complexity index is 848. The van der Waals surface area contributed by atoms with Gasteiger partial charge in [0.2, 0.25) is 5.95 Å². The van der Waals surface area contributed by atoms with Gasteiger partial charge in [-0.2, -0.15) is 0 Å². The van der Waals surface area contributed by atoms with Crippen LogP contribution in [0, 0.1) is 5.82 Å². The highest BCUT2D eigenvalue weighted by molar-refractivity contribution is 9.11. The van der Waals surface area contributed by atoms with Gasteiger partial charge in [-0.15, -0.1) is 0 Å². The lowest BCUT2D eigenvalue weighted by Gasteiger charge is -2.12. The van der Waals surface area contributed by atoms with Crippen molar-refractivity contribution in [2.45, 2.75) is 0 Å². The van der Waals surface area contributed by atoms with Gasteiger partial charge in [0.05, 0.1) is 28.3 Å². The summed E-state index contributed by atoms with van der Waals surface area (Å²) in [5, 5.41) is 0. The lowest BCUT2D eigenvalue weighted by atomic mass is 10.2. The van der Waals surface area contributed by atoms with E-state index in [1.165, 1.54) is 12.1 Å². The number of nitrogens with zero attached hydrogens (tertiary/aromatic N) is 2. The van der Waals surface area contributed by atoms with Crippen LogP contribution in [-0.4, -0.2) is 16.7 Å².